The third-order valence-electron chi connectivity index (χ3n) is 4.23. The Morgan fingerprint density at radius 2 is 1.85 bits per heavy atom. The number of carbonyl (C=O) groups excluding carboxylic acids is 3. The number of hydrogen-bond acceptors (Lipinski definition) is 5. The summed E-state index contributed by atoms with van der Waals surface area (Å²) in [6.45, 7) is 11.5. The van der Waals surface area contributed by atoms with Crippen molar-refractivity contribution in [1.82, 2.24) is 10.2 Å². The molecule has 1 saturated heterocycles. The highest BCUT2D eigenvalue weighted by atomic mass is 16.6. The molecule has 0 bridgehead atoms. The number of unbranched alkanes of at least 4 members (excludes halogenated alkanes) is 2. The highest BCUT2D eigenvalue weighted by Crippen LogP contribution is 2.21. The van der Waals surface area contributed by atoms with Crippen molar-refractivity contribution in [2.75, 3.05) is 6.54 Å². The molecule has 0 aromatic carbocycles. The molecular formula is C20H36N2O5. The molecule has 0 unspecified atom stereocenters. The van der Waals surface area contributed by atoms with Crippen LogP contribution in [0.25, 0.3) is 0 Å². The number of carbonyl (C=O) groups is 3. The van der Waals surface area contributed by atoms with E-state index in [1.54, 1.807) is 34.6 Å². The first-order chi connectivity index (χ1) is 12.5. The Morgan fingerprint density at radius 1 is 1.19 bits per heavy atom. The Labute approximate surface area is 163 Å². The minimum atomic E-state index is -0.687. The molecule has 1 aliphatic rings. The van der Waals surface area contributed by atoms with Crippen LogP contribution < -0.4 is 5.32 Å². The molecule has 0 aliphatic carbocycles. The van der Waals surface area contributed by atoms with Gasteiger partial charge >= 0.3 is 12.1 Å². The van der Waals surface area contributed by atoms with Gasteiger partial charge in [-0.3, -0.25) is 9.69 Å². The zero-order valence-corrected chi connectivity index (χ0v) is 17.7. The first-order valence-corrected chi connectivity index (χ1v) is 10.1. The smallest absolute Gasteiger partial charge is 0.410 e. The lowest BCUT2D eigenvalue weighted by Gasteiger charge is -2.29. The molecule has 0 aromatic heterocycles. The second-order valence-electron chi connectivity index (χ2n) is 8.37. The van der Waals surface area contributed by atoms with Crippen LogP contribution in [0.2, 0.25) is 0 Å². The molecule has 1 aliphatic heterocycles. The average molecular weight is 385 g/mol. The van der Waals surface area contributed by atoms with E-state index in [1.807, 2.05) is 0 Å². The molecule has 1 fully saturated rings. The van der Waals surface area contributed by atoms with E-state index < -0.39 is 29.7 Å². The summed E-state index contributed by atoms with van der Waals surface area (Å²) < 4.78 is 10.7. The number of hydrogen-bond donors (Lipinski definition) is 1. The van der Waals surface area contributed by atoms with Gasteiger partial charge in [0.05, 0.1) is 6.10 Å². The Balaban J connectivity index is 2.76. The quantitative estimate of drug-likeness (QED) is 0.512. The van der Waals surface area contributed by atoms with E-state index in [0.717, 1.165) is 25.7 Å². The number of esters is 1. The van der Waals surface area contributed by atoms with Gasteiger partial charge in [0.25, 0.3) is 0 Å². The van der Waals surface area contributed by atoms with Gasteiger partial charge in [-0.05, 0) is 53.9 Å². The van der Waals surface area contributed by atoms with Crippen molar-refractivity contribution in [3.8, 4) is 0 Å². The fourth-order valence-corrected chi connectivity index (χ4v) is 3.01. The largest absolute Gasteiger partial charge is 0.461 e. The van der Waals surface area contributed by atoms with Crippen molar-refractivity contribution < 1.29 is 23.9 Å². The standard InChI is InChI=1S/C20H36N2O5/c1-7-8-9-11-15(18(24)26-14(2)3)21-17(23)16-12-10-13-22(16)19(25)27-20(4,5)6/h14-16H,7-13H2,1-6H3,(H,21,23)/t15-,16+/m1/s1. The zero-order valence-electron chi connectivity index (χ0n) is 17.7. The fourth-order valence-electron chi connectivity index (χ4n) is 3.01. The molecule has 1 rings (SSSR count). The molecule has 2 atom stereocenters. The minimum Gasteiger partial charge on any atom is -0.461 e. The molecule has 2 amide bonds. The van der Waals surface area contributed by atoms with Crippen LogP contribution in [0, 0.1) is 0 Å². The Hall–Kier alpha value is -1.79. The van der Waals surface area contributed by atoms with Crippen LogP contribution >= 0.6 is 0 Å². The Kier molecular flexibility index (Phi) is 9.06. The van der Waals surface area contributed by atoms with Crippen LogP contribution in [-0.4, -0.2) is 53.2 Å². The van der Waals surface area contributed by atoms with E-state index in [-0.39, 0.29) is 12.0 Å². The van der Waals surface area contributed by atoms with E-state index in [9.17, 15) is 14.4 Å². The van der Waals surface area contributed by atoms with Crippen LogP contribution in [0.3, 0.4) is 0 Å². The van der Waals surface area contributed by atoms with Crippen molar-refractivity contribution in [1.29, 1.82) is 0 Å². The number of likely N-dealkylation sites (tertiary alicyclic amines) is 1. The number of amides is 2. The Morgan fingerprint density at radius 3 is 2.41 bits per heavy atom. The summed E-state index contributed by atoms with van der Waals surface area (Å²) in [5.41, 5.74) is -0.621. The SMILES string of the molecule is CCCCC[C@@H](NC(=O)[C@@H]1CCCN1C(=O)OC(C)(C)C)C(=O)OC(C)C. The third kappa shape index (κ3) is 8.18. The maximum atomic E-state index is 12.8. The predicted molar refractivity (Wildman–Crippen MR) is 103 cm³/mol. The molecule has 27 heavy (non-hydrogen) atoms. The molecular weight excluding hydrogens is 348 g/mol. The van der Waals surface area contributed by atoms with Crippen LogP contribution in [0.4, 0.5) is 4.79 Å². The Bertz CT molecular complexity index is 513. The number of nitrogens with one attached hydrogen (secondary N) is 1. The topological polar surface area (TPSA) is 84.9 Å². The van der Waals surface area contributed by atoms with E-state index in [1.165, 1.54) is 4.90 Å². The van der Waals surface area contributed by atoms with Gasteiger partial charge in [-0.15, -0.1) is 0 Å². The van der Waals surface area contributed by atoms with Gasteiger partial charge in [0.15, 0.2) is 0 Å². The van der Waals surface area contributed by atoms with E-state index in [4.69, 9.17) is 9.47 Å². The summed E-state index contributed by atoms with van der Waals surface area (Å²) >= 11 is 0. The fraction of sp³-hybridized carbons (Fsp3) is 0.850. The van der Waals surface area contributed by atoms with Gasteiger partial charge in [-0.2, -0.15) is 0 Å². The predicted octanol–water partition coefficient (Wildman–Crippen LogP) is 3.40. The first kappa shape index (κ1) is 23.2. The highest BCUT2D eigenvalue weighted by Gasteiger charge is 2.38. The maximum absolute atomic E-state index is 12.8. The summed E-state index contributed by atoms with van der Waals surface area (Å²) in [5, 5.41) is 2.81. The molecule has 0 radical (unpaired) electrons. The normalized spacial score (nSPS) is 18.3. The van der Waals surface area contributed by atoms with Gasteiger partial charge in [-0.25, -0.2) is 9.59 Å². The summed E-state index contributed by atoms with van der Waals surface area (Å²) in [6, 6.07) is -1.30. The first-order valence-electron chi connectivity index (χ1n) is 10.1. The minimum absolute atomic E-state index is 0.243. The second-order valence-corrected chi connectivity index (χ2v) is 8.37. The lowest BCUT2D eigenvalue weighted by atomic mass is 10.1. The number of nitrogens with zero attached hydrogens (tertiary/aromatic N) is 1. The molecule has 0 saturated carbocycles. The van der Waals surface area contributed by atoms with E-state index >= 15 is 0 Å². The van der Waals surface area contributed by atoms with Crippen molar-refractivity contribution in [2.24, 2.45) is 0 Å². The lowest BCUT2D eigenvalue weighted by Crippen LogP contribution is -2.52. The van der Waals surface area contributed by atoms with Crippen LogP contribution in [0.5, 0.6) is 0 Å². The third-order valence-corrected chi connectivity index (χ3v) is 4.23. The average Bonchev–Trinajstić information content (AvgIpc) is 3.01. The summed E-state index contributed by atoms with van der Waals surface area (Å²) in [6.07, 6.45) is 3.92. The molecule has 0 spiro atoms. The summed E-state index contributed by atoms with van der Waals surface area (Å²) in [7, 11) is 0. The monoisotopic (exact) mass is 384 g/mol. The van der Waals surface area contributed by atoms with Gasteiger partial charge in [-0.1, -0.05) is 26.2 Å². The molecule has 7 heteroatoms. The van der Waals surface area contributed by atoms with E-state index in [2.05, 4.69) is 12.2 Å². The second kappa shape index (κ2) is 10.5. The van der Waals surface area contributed by atoms with Gasteiger partial charge in [0.2, 0.25) is 5.91 Å². The lowest BCUT2D eigenvalue weighted by molar-refractivity contribution is -0.152. The van der Waals surface area contributed by atoms with Crippen molar-refractivity contribution in [3.63, 3.8) is 0 Å². The highest BCUT2D eigenvalue weighted by molar-refractivity contribution is 5.90. The molecule has 7 nitrogen and oxygen atoms in total. The molecule has 1 heterocycles. The van der Waals surface area contributed by atoms with Crippen LogP contribution in [0.1, 0.15) is 80.1 Å². The van der Waals surface area contributed by atoms with Crippen molar-refractivity contribution in [2.45, 2.75) is 104 Å². The van der Waals surface area contributed by atoms with E-state index in [0.29, 0.717) is 19.4 Å². The number of ether oxygens (including phenoxy) is 2. The molecule has 156 valence electrons. The van der Waals surface area contributed by atoms with Gasteiger partial charge < -0.3 is 14.8 Å². The van der Waals surface area contributed by atoms with Gasteiger partial charge in [0, 0.05) is 6.54 Å². The maximum Gasteiger partial charge on any atom is 0.410 e. The molecule has 1 N–H and O–H groups in total. The van der Waals surface area contributed by atoms with Crippen molar-refractivity contribution in [3.05, 3.63) is 0 Å². The zero-order chi connectivity index (χ0) is 20.6. The van der Waals surface area contributed by atoms with Crippen LogP contribution in [-0.2, 0) is 19.1 Å². The summed E-state index contributed by atoms with van der Waals surface area (Å²) in [4.78, 5) is 39.0. The number of rotatable bonds is 8. The van der Waals surface area contributed by atoms with Gasteiger partial charge in [0.1, 0.15) is 17.7 Å². The van der Waals surface area contributed by atoms with Crippen LogP contribution in [0.15, 0.2) is 0 Å². The molecule has 0 aromatic rings. The van der Waals surface area contributed by atoms with Crippen molar-refractivity contribution >= 4 is 18.0 Å². The summed E-state index contributed by atoms with van der Waals surface area (Å²) in [5.74, 6) is -0.739.